The molecule has 1 heterocycles. The molecule has 0 aromatic heterocycles. The maximum absolute atomic E-state index is 9.81. The lowest BCUT2D eigenvalue weighted by atomic mass is 10.1. The summed E-state index contributed by atoms with van der Waals surface area (Å²) in [5.41, 5.74) is 2.16. The molecule has 1 saturated heterocycles. The molecule has 1 aromatic rings. The van der Waals surface area contributed by atoms with E-state index < -0.39 is 0 Å². The average molecular weight is 263 g/mol. The predicted octanol–water partition coefficient (Wildman–Crippen LogP) is 1.04. The molecule has 0 amide bonds. The van der Waals surface area contributed by atoms with Crippen LogP contribution in [0.15, 0.2) is 18.2 Å². The standard InChI is InChI=1S/C15H25N3O/c1-12-4-5-15(19)13(8-12)9-16-10-14-11-17(2)6-7-18(14)3/h4-5,8,14,16,19H,6-7,9-11H2,1-3H3. The topological polar surface area (TPSA) is 38.7 Å². The molecule has 2 N–H and O–H groups in total. The molecule has 1 aromatic carbocycles. The molecule has 4 heteroatoms. The van der Waals surface area contributed by atoms with Crippen molar-refractivity contribution >= 4 is 0 Å². The Bertz CT molecular complexity index is 422. The van der Waals surface area contributed by atoms with Crippen LogP contribution in [0.5, 0.6) is 5.75 Å². The number of rotatable bonds is 4. The normalized spacial score (nSPS) is 21.7. The highest BCUT2D eigenvalue weighted by Gasteiger charge is 2.21. The van der Waals surface area contributed by atoms with E-state index in [0.717, 1.165) is 38.3 Å². The molecular formula is C15H25N3O. The summed E-state index contributed by atoms with van der Waals surface area (Å²) in [6, 6.07) is 6.29. The molecule has 0 radical (unpaired) electrons. The van der Waals surface area contributed by atoms with Gasteiger partial charge in [-0.15, -0.1) is 0 Å². The van der Waals surface area contributed by atoms with Gasteiger partial charge in [0.2, 0.25) is 0 Å². The lowest BCUT2D eigenvalue weighted by Gasteiger charge is -2.37. The minimum atomic E-state index is 0.382. The fraction of sp³-hybridized carbons (Fsp3) is 0.600. The SMILES string of the molecule is Cc1ccc(O)c(CNCC2CN(C)CCN2C)c1. The Morgan fingerprint density at radius 2 is 2.11 bits per heavy atom. The molecule has 0 aliphatic carbocycles. The summed E-state index contributed by atoms with van der Waals surface area (Å²) in [6.45, 7) is 7.09. The van der Waals surface area contributed by atoms with Crippen molar-refractivity contribution in [2.75, 3.05) is 40.3 Å². The molecule has 0 saturated carbocycles. The Kier molecular flexibility index (Phi) is 4.80. The summed E-state index contributed by atoms with van der Waals surface area (Å²) in [5.74, 6) is 0.382. The maximum Gasteiger partial charge on any atom is 0.120 e. The minimum Gasteiger partial charge on any atom is -0.508 e. The van der Waals surface area contributed by atoms with E-state index in [2.05, 4.69) is 29.2 Å². The van der Waals surface area contributed by atoms with Gasteiger partial charge in [-0.3, -0.25) is 4.90 Å². The number of hydrogen-bond donors (Lipinski definition) is 2. The second-order valence-corrected chi connectivity index (χ2v) is 5.66. The lowest BCUT2D eigenvalue weighted by Crippen LogP contribution is -2.53. The van der Waals surface area contributed by atoms with Gasteiger partial charge in [0, 0.05) is 44.3 Å². The Morgan fingerprint density at radius 1 is 1.32 bits per heavy atom. The maximum atomic E-state index is 9.81. The Hall–Kier alpha value is -1.10. The first-order valence-corrected chi connectivity index (χ1v) is 6.94. The zero-order valence-electron chi connectivity index (χ0n) is 12.2. The van der Waals surface area contributed by atoms with E-state index >= 15 is 0 Å². The number of phenols is 1. The number of aryl methyl sites for hydroxylation is 1. The van der Waals surface area contributed by atoms with Crippen molar-refractivity contribution < 1.29 is 5.11 Å². The van der Waals surface area contributed by atoms with Crippen LogP contribution in [0.1, 0.15) is 11.1 Å². The van der Waals surface area contributed by atoms with Crippen molar-refractivity contribution in [1.82, 2.24) is 15.1 Å². The van der Waals surface area contributed by atoms with Gasteiger partial charge in [0.25, 0.3) is 0 Å². The van der Waals surface area contributed by atoms with Crippen molar-refractivity contribution in [3.05, 3.63) is 29.3 Å². The van der Waals surface area contributed by atoms with Gasteiger partial charge in [0.15, 0.2) is 0 Å². The monoisotopic (exact) mass is 263 g/mol. The molecule has 1 atom stereocenters. The van der Waals surface area contributed by atoms with E-state index in [1.807, 2.05) is 19.1 Å². The van der Waals surface area contributed by atoms with Gasteiger partial charge in [-0.2, -0.15) is 0 Å². The zero-order chi connectivity index (χ0) is 13.8. The smallest absolute Gasteiger partial charge is 0.120 e. The molecule has 1 unspecified atom stereocenters. The molecular weight excluding hydrogens is 238 g/mol. The third kappa shape index (κ3) is 3.93. The molecule has 1 aliphatic heterocycles. The first kappa shape index (κ1) is 14.3. The summed E-state index contributed by atoms with van der Waals surface area (Å²) >= 11 is 0. The van der Waals surface area contributed by atoms with E-state index in [0.29, 0.717) is 11.8 Å². The summed E-state index contributed by atoms with van der Waals surface area (Å²) in [7, 11) is 4.36. The van der Waals surface area contributed by atoms with E-state index in [9.17, 15) is 5.11 Å². The molecule has 1 fully saturated rings. The van der Waals surface area contributed by atoms with Gasteiger partial charge in [0.1, 0.15) is 5.75 Å². The number of likely N-dealkylation sites (N-methyl/N-ethyl adjacent to an activating group) is 2. The van der Waals surface area contributed by atoms with Crippen LogP contribution < -0.4 is 5.32 Å². The molecule has 4 nitrogen and oxygen atoms in total. The third-order valence-corrected chi connectivity index (χ3v) is 3.91. The van der Waals surface area contributed by atoms with Crippen molar-refractivity contribution in [2.24, 2.45) is 0 Å². The number of benzene rings is 1. The minimum absolute atomic E-state index is 0.382. The number of hydrogen-bond acceptors (Lipinski definition) is 4. The van der Waals surface area contributed by atoms with Crippen LogP contribution in [0, 0.1) is 6.92 Å². The van der Waals surface area contributed by atoms with Gasteiger partial charge in [-0.05, 0) is 27.1 Å². The average Bonchev–Trinajstić information content (AvgIpc) is 2.38. The molecule has 19 heavy (non-hydrogen) atoms. The number of phenolic OH excluding ortho intramolecular Hbond substituents is 1. The van der Waals surface area contributed by atoms with Crippen molar-refractivity contribution in [3.63, 3.8) is 0 Å². The van der Waals surface area contributed by atoms with Crippen molar-refractivity contribution in [2.45, 2.75) is 19.5 Å². The van der Waals surface area contributed by atoms with Crippen LogP contribution in [0.4, 0.5) is 0 Å². The summed E-state index contributed by atoms with van der Waals surface area (Å²) < 4.78 is 0. The Morgan fingerprint density at radius 3 is 2.89 bits per heavy atom. The number of piperazine rings is 1. The number of nitrogens with zero attached hydrogens (tertiary/aromatic N) is 2. The van der Waals surface area contributed by atoms with Gasteiger partial charge < -0.3 is 15.3 Å². The van der Waals surface area contributed by atoms with E-state index in [4.69, 9.17) is 0 Å². The fourth-order valence-electron chi connectivity index (χ4n) is 2.55. The van der Waals surface area contributed by atoms with Crippen LogP contribution in [0.25, 0.3) is 0 Å². The third-order valence-electron chi connectivity index (χ3n) is 3.91. The van der Waals surface area contributed by atoms with Crippen LogP contribution in [-0.2, 0) is 6.54 Å². The quantitative estimate of drug-likeness (QED) is 0.851. The zero-order valence-corrected chi connectivity index (χ0v) is 12.2. The Labute approximate surface area is 116 Å². The molecule has 1 aliphatic rings. The molecule has 0 bridgehead atoms. The fourth-order valence-corrected chi connectivity index (χ4v) is 2.55. The van der Waals surface area contributed by atoms with Gasteiger partial charge in [-0.1, -0.05) is 17.7 Å². The highest BCUT2D eigenvalue weighted by atomic mass is 16.3. The first-order valence-electron chi connectivity index (χ1n) is 6.94. The van der Waals surface area contributed by atoms with Crippen LogP contribution in [0.2, 0.25) is 0 Å². The second kappa shape index (κ2) is 6.37. The van der Waals surface area contributed by atoms with Gasteiger partial charge in [-0.25, -0.2) is 0 Å². The van der Waals surface area contributed by atoms with Crippen LogP contribution in [0.3, 0.4) is 0 Å². The van der Waals surface area contributed by atoms with E-state index in [1.165, 1.54) is 5.56 Å². The summed E-state index contributed by atoms with van der Waals surface area (Å²) in [6.07, 6.45) is 0. The van der Waals surface area contributed by atoms with E-state index in [1.54, 1.807) is 6.07 Å². The van der Waals surface area contributed by atoms with Crippen LogP contribution >= 0.6 is 0 Å². The second-order valence-electron chi connectivity index (χ2n) is 5.66. The Balaban J connectivity index is 1.84. The molecule has 0 spiro atoms. The summed E-state index contributed by atoms with van der Waals surface area (Å²) in [5, 5.41) is 13.3. The van der Waals surface area contributed by atoms with E-state index in [-0.39, 0.29) is 0 Å². The molecule has 2 rings (SSSR count). The highest BCUT2D eigenvalue weighted by molar-refractivity contribution is 5.35. The molecule has 106 valence electrons. The predicted molar refractivity (Wildman–Crippen MR) is 78.5 cm³/mol. The number of aromatic hydroxyl groups is 1. The van der Waals surface area contributed by atoms with Gasteiger partial charge in [0.05, 0.1) is 0 Å². The largest absolute Gasteiger partial charge is 0.508 e. The first-order chi connectivity index (χ1) is 9.06. The van der Waals surface area contributed by atoms with Crippen molar-refractivity contribution in [1.29, 1.82) is 0 Å². The van der Waals surface area contributed by atoms with Crippen molar-refractivity contribution in [3.8, 4) is 5.75 Å². The van der Waals surface area contributed by atoms with Crippen LogP contribution in [-0.4, -0.2) is 61.2 Å². The lowest BCUT2D eigenvalue weighted by molar-refractivity contribution is 0.113. The highest BCUT2D eigenvalue weighted by Crippen LogP contribution is 2.17. The summed E-state index contributed by atoms with van der Waals surface area (Å²) in [4.78, 5) is 4.78. The van der Waals surface area contributed by atoms with Gasteiger partial charge >= 0.3 is 0 Å². The number of nitrogens with one attached hydrogen (secondary N) is 1.